The van der Waals surface area contributed by atoms with Gasteiger partial charge in [-0.05, 0) is 36.2 Å². The first kappa shape index (κ1) is 10.4. The number of aryl methyl sites for hydroxylation is 2. The Labute approximate surface area is 87.1 Å². The SMILES string of the molecule is CCCNc1nc(C)nc(C)c1Br. The molecule has 0 radical (unpaired) electrons. The lowest BCUT2D eigenvalue weighted by Crippen LogP contribution is -2.05. The molecule has 0 aromatic carbocycles. The summed E-state index contributed by atoms with van der Waals surface area (Å²) in [4.78, 5) is 8.55. The van der Waals surface area contributed by atoms with E-state index >= 15 is 0 Å². The Morgan fingerprint density at radius 1 is 1.31 bits per heavy atom. The van der Waals surface area contributed by atoms with Crippen LogP contribution < -0.4 is 5.32 Å². The van der Waals surface area contributed by atoms with Gasteiger partial charge in [0.15, 0.2) is 0 Å². The fourth-order valence-corrected chi connectivity index (χ4v) is 1.38. The van der Waals surface area contributed by atoms with E-state index in [0.29, 0.717) is 0 Å². The van der Waals surface area contributed by atoms with Gasteiger partial charge in [0.1, 0.15) is 11.6 Å². The summed E-state index contributed by atoms with van der Waals surface area (Å²) in [5, 5.41) is 3.25. The Morgan fingerprint density at radius 3 is 2.62 bits per heavy atom. The van der Waals surface area contributed by atoms with Crippen LogP contribution in [-0.2, 0) is 0 Å². The molecule has 0 unspecified atom stereocenters. The van der Waals surface area contributed by atoms with Gasteiger partial charge in [0, 0.05) is 6.54 Å². The number of rotatable bonds is 3. The molecule has 72 valence electrons. The van der Waals surface area contributed by atoms with Gasteiger partial charge in [0.25, 0.3) is 0 Å². The summed E-state index contributed by atoms with van der Waals surface area (Å²) in [5.74, 6) is 1.70. The molecule has 0 saturated heterocycles. The summed E-state index contributed by atoms with van der Waals surface area (Å²) in [6.07, 6.45) is 1.09. The fourth-order valence-electron chi connectivity index (χ4n) is 1.06. The topological polar surface area (TPSA) is 37.8 Å². The van der Waals surface area contributed by atoms with Gasteiger partial charge in [-0.3, -0.25) is 0 Å². The van der Waals surface area contributed by atoms with Gasteiger partial charge in [-0.1, -0.05) is 6.92 Å². The molecule has 1 N–H and O–H groups in total. The van der Waals surface area contributed by atoms with Crippen LogP contribution in [0.4, 0.5) is 5.82 Å². The second-order valence-corrected chi connectivity index (χ2v) is 3.74. The maximum atomic E-state index is 4.30. The number of halogens is 1. The summed E-state index contributed by atoms with van der Waals surface area (Å²) in [6, 6.07) is 0. The zero-order valence-electron chi connectivity index (χ0n) is 8.19. The molecule has 1 aromatic heterocycles. The minimum Gasteiger partial charge on any atom is -0.369 e. The lowest BCUT2D eigenvalue weighted by Gasteiger charge is -2.08. The quantitative estimate of drug-likeness (QED) is 0.888. The van der Waals surface area contributed by atoms with E-state index in [4.69, 9.17) is 0 Å². The van der Waals surface area contributed by atoms with Crippen LogP contribution in [0.25, 0.3) is 0 Å². The van der Waals surface area contributed by atoms with Crippen molar-refractivity contribution in [3.05, 3.63) is 16.0 Å². The number of hydrogen-bond donors (Lipinski definition) is 1. The molecule has 1 rings (SSSR count). The highest BCUT2D eigenvalue weighted by atomic mass is 79.9. The average molecular weight is 244 g/mol. The summed E-state index contributed by atoms with van der Waals surface area (Å²) in [5.41, 5.74) is 0.978. The largest absolute Gasteiger partial charge is 0.369 e. The fraction of sp³-hybridized carbons (Fsp3) is 0.556. The van der Waals surface area contributed by atoms with Crippen molar-refractivity contribution >= 4 is 21.7 Å². The molecule has 4 heteroatoms. The van der Waals surface area contributed by atoms with E-state index in [-0.39, 0.29) is 0 Å². The molecule has 0 spiro atoms. The number of aromatic nitrogens is 2. The second kappa shape index (κ2) is 4.56. The Hall–Kier alpha value is -0.640. The molecule has 1 heterocycles. The Kier molecular flexibility index (Phi) is 3.66. The highest BCUT2D eigenvalue weighted by Crippen LogP contribution is 2.22. The standard InChI is InChI=1S/C9H14BrN3/c1-4-5-11-9-8(10)6(2)12-7(3)13-9/h4-5H2,1-3H3,(H,11,12,13). The van der Waals surface area contributed by atoms with Crippen LogP contribution in [0.15, 0.2) is 4.47 Å². The van der Waals surface area contributed by atoms with Gasteiger partial charge in [0.2, 0.25) is 0 Å². The van der Waals surface area contributed by atoms with E-state index in [0.717, 1.165) is 34.8 Å². The van der Waals surface area contributed by atoms with E-state index in [1.165, 1.54) is 0 Å². The van der Waals surface area contributed by atoms with Crippen LogP contribution in [-0.4, -0.2) is 16.5 Å². The molecule has 0 aliphatic carbocycles. The highest BCUT2D eigenvalue weighted by molar-refractivity contribution is 9.10. The minimum absolute atomic E-state index is 0.805. The molecule has 0 fully saturated rings. The zero-order valence-corrected chi connectivity index (χ0v) is 9.77. The van der Waals surface area contributed by atoms with Crippen LogP contribution in [0.3, 0.4) is 0 Å². The van der Waals surface area contributed by atoms with Gasteiger partial charge < -0.3 is 5.32 Å². The second-order valence-electron chi connectivity index (χ2n) is 2.95. The molecule has 13 heavy (non-hydrogen) atoms. The van der Waals surface area contributed by atoms with E-state index in [1.807, 2.05) is 13.8 Å². The van der Waals surface area contributed by atoms with Gasteiger partial charge in [-0.15, -0.1) is 0 Å². The predicted octanol–water partition coefficient (Wildman–Crippen LogP) is 2.68. The molecule has 0 saturated carbocycles. The Bertz CT molecular complexity index is 299. The van der Waals surface area contributed by atoms with Gasteiger partial charge in [-0.2, -0.15) is 0 Å². The van der Waals surface area contributed by atoms with Crippen molar-refractivity contribution in [1.29, 1.82) is 0 Å². The molecule has 3 nitrogen and oxygen atoms in total. The molecule has 0 amide bonds. The van der Waals surface area contributed by atoms with Gasteiger partial charge in [0.05, 0.1) is 10.2 Å². The summed E-state index contributed by atoms with van der Waals surface area (Å²) in [6.45, 7) is 6.93. The van der Waals surface area contributed by atoms with E-state index in [9.17, 15) is 0 Å². The number of hydrogen-bond acceptors (Lipinski definition) is 3. The first-order valence-corrected chi connectivity index (χ1v) is 5.19. The summed E-state index contributed by atoms with van der Waals surface area (Å²) >= 11 is 3.46. The van der Waals surface area contributed by atoms with Crippen molar-refractivity contribution in [2.75, 3.05) is 11.9 Å². The normalized spacial score (nSPS) is 10.2. The molecule has 1 aromatic rings. The predicted molar refractivity (Wildman–Crippen MR) is 58.0 cm³/mol. The van der Waals surface area contributed by atoms with Gasteiger partial charge in [-0.25, -0.2) is 9.97 Å². The van der Waals surface area contributed by atoms with Crippen molar-refractivity contribution in [2.45, 2.75) is 27.2 Å². The van der Waals surface area contributed by atoms with E-state index in [1.54, 1.807) is 0 Å². The lowest BCUT2D eigenvalue weighted by molar-refractivity contribution is 0.939. The minimum atomic E-state index is 0.805. The van der Waals surface area contributed by atoms with Crippen LogP contribution in [0, 0.1) is 13.8 Å². The zero-order chi connectivity index (χ0) is 9.84. The molecule has 0 aliphatic heterocycles. The third-order valence-electron chi connectivity index (χ3n) is 1.67. The third-order valence-corrected chi connectivity index (χ3v) is 2.62. The highest BCUT2D eigenvalue weighted by Gasteiger charge is 2.05. The van der Waals surface area contributed by atoms with Crippen LogP contribution in [0.2, 0.25) is 0 Å². The summed E-state index contributed by atoms with van der Waals surface area (Å²) in [7, 11) is 0. The molecule has 0 bridgehead atoms. The monoisotopic (exact) mass is 243 g/mol. The lowest BCUT2D eigenvalue weighted by atomic mass is 10.4. The van der Waals surface area contributed by atoms with Crippen molar-refractivity contribution in [3.8, 4) is 0 Å². The molecule has 0 aliphatic rings. The van der Waals surface area contributed by atoms with Crippen molar-refractivity contribution in [2.24, 2.45) is 0 Å². The van der Waals surface area contributed by atoms with Crippen LogP contribution in [0.5, 0.6) is 0 Å². The average Bonchev–Trinajstić information content (AvgIpc) is 2.09. The van der Waals surface area contributed by atoms with Crippen molar-refractivity contribution < 1.29 is 0 Å². The number of anilines is 1. The molecule has 0 atom stereocenters. The maximum Gasteiger partial charge on any atom is 0.144 e. The van der Waals surface area contributed by atoms with Crippen LogP contribution >= 0.6 is 15.9 Å². The first-order chi connectivity index (χ1) is 6.15. The number of nitrogens with zero attached hydrogens (tertiary/aromatic N) is 2. The van der Waals surface area contributed by atoms with Gasteiger partial charge >= 0.3 is 0 Å². The van der Waals surface area contributed by atoms with Crippen molar-refractivity contribution in [1.82, 2.24) is 9.97 Å². The van der Waals surface area contributed by atoms with Crippen LogP contribution in [0.1, 0.15) is 24.9 Å². The van der Waals surface area contributed by atoms with Crippen molar-refractivity contribution in [3.63, 3.8) is 0 Å². The summed E-state index contributed by atoms with van der Waals surface area (Å²) < 4.78 is 0.964. The third kappa shape index (κ3) is 2.66. The van der Waals surface area contributed by atoms with E-state index < -0.39 is 0 Å². The number of nitrogens with one attached hydrogen (secondary N) is 1. The smallest absolute Gasteiger partial charge is 0.144 e. The maximum absolute atomic E-state index is 4.30. The van der Waals surface area contributed by atoms with E-state index in [2.05, 4.69) is 38.1 Å². The Balaban J connectivity index is 2.92. The first-order valence-electron chi connectivity index (χ1n) is 4.39. The molecular weight excluding hydrogens is 230 g/mol. The Morgan fingerprint density at radius 2 is 2.00 bits per heavy atom. The molecular formula is C9H14BrN3.